The van der Waals surface area contributed by atoms with Crippen molar-refractivity contribution in [3.63, 3.8) is 0 Å². The second kappa shape index (κ2) is 6.49. The van der Waals surface area contributed by atoms with Crippen molar-refractivity contribution in [1.29, 1.82) is 0 Å². The molecule has 3 rings (SSSR count). The van der Waals surface area contributed by atoms with Crippen molar-refractivity contribution >= 4 is 0 Å². The van der Waals surface area contributed by atoms with Gasteiger partial charge in [0.2, 0.25) is 0 Å². The lowest BCUT2D eigenvalue weighted by molar-refractivity contribution is 0.196. The summed E-state index contributed by atoms with van der Waals surface area (Å²) in [6.45, 7) is 6.50. The van der Waals surface area contributed by atoms with Gasteiger partial charge in [0, 0.05) is 37.3 Å². The van der Waals surface area contributed by atoms with Crippen LogP contribution in [0.2, 0.25) is 0 Å². The lowest BCUT2D eigenvalue weighted by atomic mass is 9.97. The third-order valence-electron chi connectivity index (χ3n) is 4.28. The minimum atomic E-state index is -0.340. The van der Waals surface area contributed by atoms with Crippen LogP contribution < -0.4 is 11.2 Å². The number of hydrogen-bond acceptors (Lipinski definition) is 5. The molecule has 8 nitrogen and oxygen atoms in total. The van der Waals surface area contributed by atoms with Crippen LogP contribution in [0.15, 0.2) is 15.7 Å². The zero-order valence-electron chi connectivity index (χ0n) is 13.5. The number of aromatic nitrogens is 5. The normalized spacial score (nSPS) is 19.1. The number of nitrogens with one attached hydrogen (secondary N) is 2. The average Bonchev–Trinajstić information content (AvgIpc) is 2.93. The molecule has 1 saturated heterocycles. The van der Waals surface area contributed by atoms with Gasteiger partial charge in [-0.2, -0.15) is 5.10 Å². The van der Waals surface area contributed by atoms with Crippen LogP contribution in [0, 0.1) is 13.8 Å². The third kappa shape index (κ3) is 3.58. The number of hydrogen-bond donors (Lipinski definition) is 2. The molecule has 0 aromatic carbocycles. The lowest BCUT2D eigenvalue weighted by Crippen LogP contribution is -2.41. The average molecular weight is 318 g/mol. The van der Waals surface area contributed by atoms with Crippen LogP contribution in [-0.4, -0.2) is 49.3 Å². The molecule has 0 amide bonds. The van der Waals surface area contributed by atoms with Gasteiger partial charge in [0.25, 0.3) is 5.56 Å². The van der Waals surface area contributed by atoms with Crippen molar-refractivity contribution in [2.45, 2.75) is 39.2 Å². The lowest BCUT2D eigenvalue weighted by Gasteiger charge is -2.31. The Hall–Kier alpha value is -2.22. The molecule has 124 valence electrons. The van der Waals surface area contributed by atoms with Crippen LogP contribution in [0.3, 0.4) is 0 Å². The summed E-state index contributed by atoms with van der Waals surface area (Å²) in [6, 6.07) is 1.46. The summed E-state index contributed by atoms with van der Waals surface area (Å²) >= 11 is 0. The molecule has 2 aromatic rings. The monoisotopic (exact) mass is 318 g/mol. The number of likely N-dealkylation sites (tertiary alicyclic amines) is 1. The largest absolute Gasteiger partial charge is 0.328 e. The molecule has 0 bridgehead atoms. The number of piperidine rings is 1. The molecule has 0 saturated carbocycles. The van der Waals surface area contributed by atoms with Gasteiger partial charge < -0.3 is 9.88 Å². The summed E-state index contributed by atoms with van der Waals surface area (Å²) < 4.78 is 1.26. The van der Waals surface area contributed by atoms with Crippen LogP contribution in [0.5, 0.6) is 0 Å². The molecule has 8 heteroatoms. The maximum Gasteiger partial charge on any atom is 0.328 e. The standard InChI is InChI=1S/C15H22N6O2/c1-10-8-13(22)21(15(23)16-10)7-6-20-5-3-4-12(9-20)14-17-11(2)18-19-14/h8,12H,3-7,9H2,1-2H3,(H,16,23)(H,17,18,19)/t12-/m1/s1. The predicted molar refractivity (Wildman–Crippen MR) is 85.6 cm³/mol. The van der Waals surface area contributed by atoms with Crippen molar-refractivity contribution in [2.24, 2.45) is 0 Å². The van der Waals surface area contributed by atoms with Gasteiger partial charge in [-0.15, -0.1) is 0 Å². The number of rotatable bonds is 4. The molecule has 1 aliphatic heterocycles. The summed E-state index contributed by atoms with van der Waals surface area (Å²) in [5, 5.41) is 7.15. The molecule has 1 aliphatic rings. The molecular weight excluding hydrogens is 296 g/mol. The van der Waals surface area contributed by atoms with E-state index in [0.717, 1.165) is 37.6 Å². The molecule has 2 N–H and O–H groups in total. The molecule has 1 atom stereocenters. The third-order valence-corrected chi connectivity index (χ3v) is 4.28. The van der Waals surface area contributed by atoms with E-state index in [2.05, 4.69) is 25.1 Å². The van der Waals surface area contributed by atoms with E-state index in [9.17, 15) is 9.59 Å². The fourth-order valence-electron chi connectivity index (χ4n) is 3.10. The summed E-state index contributed by atoms with van der Waals surface area (Å²) in [4.78, 5) is 33.2. The zero-order valence-corrected chi connectivity index (χ0v) is 13.5. The first-order valence-corrected chi connectivity index (χ1v) is 7.95. The molecule has 23 heavy (non-hydrogen) atoms. The fraction of sp³-hybridized carbons (Fsp3) is 0.600. The minimum Gasteiger partial charge on any atom is -0.311 e. The van der Waals surface area contributed by atoms with E-state index in [1.54, 1.807) is 6.92 Å². The Balaban J connectivity index is 1.65. The first kappa shape index (κ1) is 15.7. The van der Waals surface area contributed by atoms with Gasteiger partial charge in [0.1, 0.15) is 5.82 Å². The molecular formula is C15H22N6O2. The van der Waals surface area contributed by atoms with Crippen molar-refractivity contribution in [3.05, 3.63) is 44.2 Å². The van der Waals surface area contributed by atoms with E-state index in [-0.39, 0.29) is 11.2 Å². The van der Waals surface area contributed by atoms with Gasteiger partial charge in [0.05, 0.1) is 0 Å². The second-order valence-corrected chi connectivity index (χ2v) is 6.17. The van der Waals surface area contributed by atoms with Crippen molar-refractivity contribution < 1.29 is 0 Å². The van der Waals surface area contributed by atoms with Crippen LogP contribution in [-0.2, 0) is 6.54 Å². The number of H-pyrrole nitrogens is 2. The van der Waals surface area contributed by atoms with Gasteiger partial charge >= 0.3 is 5.69 Å². The summed E-state index contributed by atoms with van der Waals surface area (Å²) in [6.07, 6.45) is 2.14. The van der Waals surface area contributed by atoms with Crippen molar-refractivity contribution in [1.82, 2.24) is 29.6 Å². The van der Waals surface area contributed by atoms with E-state index < -0.39 is 0 Å². The van der Waals surface area contributed by atoms with E-state index in [0.29, 0.717) is 24.7 Å². The Labute approximate surface area is 133 Å². The smallest absolute Gasteiger partial charge is 0.311 e. The summed E-state index contributed by atoms with van der Waals surface area (Å²) in [5.41, 5.74) is 0.00631. The molecule has 1 fully saturated rings. The quantitative estimate of drug-likeness (QED) is 0.836. The van der Waals surface area contributed by atoms with Gasteiger partial charge in [0.15, 0.2) is 5.82 Å². The molecule has 0 radical (unpaired) electrons. The first-order valence-electron chi connectivity index (χ1n) is 7.95. The number of nitrogens with zero attached hydrogens (tertiary/aromatic N) is 4. The maximum absolute atomic E-state index is 11.9. The van der Waals surface area contributed by atoms with Crippen LogP contribution in [0.4, 0.5) is 0 Å². The predicted octanol–water partition coefficient (Wildman–Crippen LogP) is 0.151. The molecule has 0 unspecified atom stereocenters. The maximum atomic E-state index is 11.9. The minimum absolute atomic E-state index is 0.246. The van der Waals surface area contributed by atoms with Crippen molar-refractivity contribution in [2.75, 3.05) is 19.6 Å². The highest BCUT2D eigenvalue weighted by molar-refractivity contribution is 5.00. The Morgan fingerprint density at radius 2 is 2.13 bits per heavy atom. The topological polar surface area (TPSA) is 99.7 Å². The van der Waals surface area contributed by atoms with Gasteiger partial charge in [-0.25, -0.2) is 9.78 Å². The van der Waals surface area contributed by atoms with E-state index in [1.165, 1.54) is 10.6 Å². The Morgan fingerprint density at radius 1 is 1.30 bits per heavy atom. The molecule has 2 aromatic heterocycles. The van der Waals surface area contributed by atoms with Crippen LogP contribution >= 0.6 is 0 Å². The van der Waals surface area contributed by atoms with E-state index in [4.69, 9.17) is 0 Å². The zero-order chi connectivity index (χ0) is 16.4. The van der Waals surface area contributed by atoms with Crippen LogP contribution in [0.25, 0.3) is 0 Å². The van der Waals surface area contributed by atoms with Crippen molar-refractivity contribution in [3.8, 4) is 0 Å². The summed E-state index contributed by atoms with van der Waals surface area (Å²) in [7, 11) is 0. The van der Waals surface area contributed by atoms with Gasteiger partial charge in [-0.3, -0.25) is 14.5 Å². The first-order chi connectivity index (χ1) is 11.0. The molecule has 0 aliphatic carbocycles. The Morgan fingerprint density at radius 3 is 2.83 bits per heavy atom. The highest BCUT2D eigenvalue weighted by Gasteiger charge is 2.24. The van der Waals surface area contributed by atoms with Gasteiger partial charge in [-0.05, 0) is 33.2 Å². The Bertz CT molecular complexity index is 759. The van der Waals surface area contributed by atoms with E-state index >= 15 is 0 Å². The highest BCUT2D eigenvalue weighted by atomic mass is 16.2. The van der Waals surface area contributed by atoms with Crippen LogP contribution in [0.1, 0.15) is 36.1 Å². The second-order valence-electron chi connectivity index (χ2n) is 6.17. The summed E-state index contributed by atoms with van der Waals surface area (Å²) in [5.74, 6) is 1.99. The number of aromatic amines is 2. The fourth-order valence-corrected chi connectivity index (χ4v) is 3.10. The SMILES string of the molecule is Cc1cc(=O)n(CCN2CCC[C@@H](c3n[nH]c(C)n3)C2)c(=O)[nH]1. The van der Waals surface area contributed by atoms with E-state index in [1.807, 2.05) is 6.92 Å². The van der Waals surface area contributed by atoms with Gasteiger partial charge in [-0.1, -0.05) is 0 Å². The molecule has 0 spiro atoms. The Kier molecular flexibility index (Phi) is 4.42. The molecule has 3 heterocycles. The number of aryl methyl sites for hydroxylation is 2. The highest BCUT2D eigenvalue weighted by Crippen LogP contribution is 2.24.